The van der Waals surface area contributed by atoms with Gasteiger partial charge in [-0.25, -0.2) is 0 Å². The summed E-state index contributed by atoms with van der Waals surface area (Å²) < 4.78 is 43.4. The van der Waals surface area contributed by atoms with Gasteiger partial charge < -0.3 is 14.6 Å². The van der Waals surface area contributed by atoms with Gasteiger partial charge in [-0.3, -0.25) is 4.79 Å². The first-order valence-electron chi connectivity index (χ1n) is 7.53. The van der Waals surface area contributed by atoms with Crippen molar-refractivity contribution in [3.63, 3.8) is 0 Å². The normalized spacial score (nSPS) is 13.1. The van der Waals surface area contributed by atoms with Crippen LogP contribution in [0.4, 0.5) is 13.2 Å². The van der Waals surface area contributed by atoms with Crippen LogP contribution in [0.2, 0.25) is 0 Å². The molecule has 0 spiro atoms. The van der Waals surface area contributed by atoms with Crippen molar-refractivity contribution in [2.24, 2.45) is 0 Å². The van der Waals surface area contributed by atoms with Gasteiger partial charge in [-0.1, -0.05) is 18.2 Å². The minimum absolute atomic E-state index is 0.0644. The molecule has 0 fully saturated rings. The van der Waals surface area contributed by atoms with Gasteiger partial charge in [-0.05, 0) is 23.8 Å². The standard InChI is InChI=1S/C17H19F3N2O2/c1-22(2)14(15-7-4-8-24-15)11-21-16(23)10-12-5-3-6-13(9-12)17(18,19)20/h3-9,14H,10-11H2,1-2H3,(H,21,23)/p+1/t14-/m0/s1. The predicted molar refractivity (Wildman–Crippen MR) is 82.4 cm³/mol. The maximum absolute atomic E-state index is 12.7. The summed E-state index contributed by atoms with van der Waals surface area (Å²) in [5.41, 5.74) is -0.423. The van der Waals surface area contributed by atoms with Crippen LogP contribution in [0.25, 0.3) is 0 Å². The number of halogens is 3. The molecule has 0 aliphatic rings. The van der Waals surface area contributed by atoms with Gasteiger partial charge in [0.25, 0.3) is 0 Å². The molecule has 2 N–H and O–H groups in total. The molecule has 2 rings (SSSR count). The molecule has 7 heteroatoms. The highest BCUT2D eigenvalue weighted by molar-refractivity contribution is 5.78. The highest BCUT2D eigenvalue weighted by Gasteiger charge is 2.30. The van der Waals surface area contributed by atoms with E-state index in [2.05, 4.69) is 5.32 Å². The molecule has 0 saturated carbocycles. The lowest BCUT2D eigenvalue weighted by molar-refractivity contribution is -0.891. The first-order chi connectivity index (χ1) is 11.3. The van der Waals surface area contributed by atoms with Crippen molar-refractivity contribution in [3.05, 3.63) is 59.5 Å². The SMILES string of the molecule is C[NH+](C)[C@@H](CNC(=O)Cc1cccc(C(F)(F)F)c1)c1ccco1. The lowest BCUT2D eigenvalue weighted by Crippen LogP contribution is -3.07. The number of carbonyl (C=O) groups excluding carboxylic acids is 1. The number of carbonyl (C=O) groups is 1. The number of nitrogens with one attached hydrogen (secondary N) is 2. The number of quaternary nitrogens is 1. The van der Waals surface area contributed by atoms with E-state index in [1.807, 2.05) is 20.2 Å². The molecule has 1 heterocycles. The van der Waals surface area contributed by atoms with Crippen molar-refractivity contribution >= 4 is 5.91 Å². The Morgan fingerprint density at radius 1 is 1.25 bits per heavy atom. The first-order valence-corrected chi connectivity index (χ1v) is 7.53. The van der Waals surface area contributed by atoms with Crippen LogP contribution in [-0.4, -0.2) is 26.5 Å². The minimum Gasteiger partial charge on any atom is -0.463 e. The number of amides is 1. The van der Waals surface area contributed by atoms with Crippen LogP contribution < -0.4 is 10.2 Å². The third kappa shape index (κ3) is 4.86. The average Bonchev–Trinajstić information content (AvgIpc) is 3.00. The van der Waals surface area contributed by atoms with E-state index < -0.39 is 11.7 Å². The van der Waals surface area contributed by atoms with Crippen molar-refractivity contribution in [1.29, 1.82) is 0 Å². The Morgan fingerprint density at radius 2 is 2.00 bits per heavy atom. The molecule has 0 unspecified atom stereocenters. The van der Waals surface area contributed by atoms with Crippen LogP contribution in [0, 0.1) is 0 Å². The first kappa shape index (κ1) is 18.1. The van der Waals surface area contributed by atoms with Gasteiger partial charge in [0.1, 0.15) is 0 Å². The smallest absolute Gasteiger partial charge is 0.416 e. The number of rotatable bonds is 6. The van der Waals surface area contributed by atoms with Crippen LogP contribution in [0.15, 0.2) is 47.1 Å². The lowest BCUT2D eigenvalue weighted by Gasteiger charge is -2.19. The monoisotopic (exact) mass is 341 g/mol. The molecule has 130 valence electrons. The summed E-state index contributed by atoms with van der Waals surface area (Å²) in [5.74, 6) is 0.418. The second-order valence-electron chi connectivity index (χ2n) is 5.82. The Balaban J connectivity index is 1.96. The van der Waals surface area contributed by atoms with Crippen LogP contribution in [-0.2, 0) is 17.4 Å². The van der Waals surface area contributed by atoms with Crippen molar-refractivity contribution in [3.8, 4) is 0 Å². The van der Waals surface area contributed by atoms with Crippen molar-refractivity contribution < 1.29 is 27.3 Å². The van der Waals surface area contributed by atoms with Gasteiger partial charge in [-0.15, -0.1) is 0 Å². The van der Waals surface area contributed by atoms with E-state index >= 15 is 0 Å². The summed E-state index contributed by atoms with van der Waals surface area (Å²) in [7, 11) is 3.87. The number of alkyl halides is 3. The second kappa shape index (κ2) is 7.53. The summed E-state index contributed by atoms with van der Waals surface area (Å²) >= 11 is 0. The van der Waals surface area contributed by atoms with Crippen LogP contribution in [0.1, 0.15) is 22.9 Å². The number of furan rings is 1. The molecule has 0 aliphatic carbocycles. The fraction of sp³-hybridized carbons (Fsp3) is 0.353. The van der Waals surface area contributed by atoms with E-state index in [-0.39, 0.29) is 18.4 Å². The predicted octanol–water partition coefficient (Wildman–Crippen LogP) is 1.84. The van der Waals surface area contributed by atoms with Gasteiger partial charge >= 0.3 is 6.18 Å². The number of hydrogen-bond acceptors (Lipinski definition) is 2. The van der Waals surface area contributed by atoms with E-state index in [0.29, 0.717) is 12.1 Å². The largest absolute Gasteiger partial charge is 0.463 e. The molecule has 1 aromatic carbocycles. The summed E-state index contributed by atoms with van der Waals surface area (Å²) in [6, 6.07) is 8.35. The van der Waals surface area contributed by atoms with Crippen molar-refractivity contribution in [1.82, 2.24) is 5.32 Å². The molecule has 0 aliphatic heterocycles. The zero-order valence-corrected chi connectivity index (χ0v) is 13.5. The fourth-order valence-electron chi connectivity index (χ4n) is 2.40. The fourth-order valence-corrected chi connectivity index (χ4v) is 2.40. The van der Waals surface area contributed by atoms with E-state index in [9.17, 15) is 18.0 Å². The van der Waals surface area contributed by atoms with E-state index in [0.717, 1.165) is 22.8 Å². The Kier molecular flexibility index (Phi) is 5.66. The zero-order chi connectivity index (χ0) is 17.7. The quantitative estimate of drug-likeness (QED) is 0.842. The van der Waals surface area contributed by atoms with Crippen LogP contribution >= 0.6 is 0 Å². The lowest BCUT2D eigenvalue weighted by atomic mass is 10.1. The molecule has 24 heavy (non-hydrogen) atoms. The van der Waals surface area contributed by atoms with Gasteiger partial charge in [0.05, 0.1) is 38.9 Å². The molecular weight excluding hydrogens is 321 g/mol. The van der Waals surface area contributed by atoms with Gasteiger partial charge in [0, 0.05) is 0 Å². The number of likely N-dealkylation sites (N-methyl/N-ethyl adjacent to an activating group) is 1. The number of hydrogen-bond donors (Lipinski definition) is 2. The summed E-state index contributed by atoms with van der Waals surface area (Å²) in [6.45, 7) is 0.341. The van der Waals surface area contributed by atoms with E-state index in [1.165, 1.54) is 12.1 Å². The number of benzene rings is 1. The Morgan fingerprint density at radius 3 is 2.58 bits per heavy atom. The molecular formula is C17H20F3N2O2+. The third-order valence-corrected chi connectivity index (χ3v) is 3.71. The highest BCUT2D eigenvalue weighted by Crippen LogP contribution is 2.29. The van der Waals surface area contributed by atoms with Gasteiger partial charge in [0.2, 0.25) is 5.91 Å². The van der Waals surface area contributed by atoms with E-state index in [4.69, 9.17) is 4.42 Å². The Labute approximate surface area is 138 Å². The highest BCUT2D eigenvalue weighted by atomic mass is 19.4. The Hall–Kier alpha value is -2.28. The molecule has 2 aromatic rings. The zero-order valence-electron chi connectivity index (χ0n) is 13.5. The average molecular weight is 341 g/mol. The molecule has 0 radical (unpaired) electrons. The van der Waals surface area contributed by atoms with E-state index in [1.54, 1.807) is 12.3 Å². The molecule has 1 aromatic heterocycles. The summed E-state index contributed by atoms with van der Waals surface area (Å²) in [5, 5.41) is 2.76. The van der Waals surface area contributed by atoms with Gasteiger partial charge in [0.15, 0.2) is 11.8 Å². The molecule has 0 saturated heterocycles. The summed E-state index contributed by atoms with van der Waals surface area (Å²) in [6.07, 6.45) is -2.95. The van der Waals surface area contributed by atoms with Crippen LogP contribution in [0.5, 0.6) is 0 Å². The maximum atomic E-state index is 12.7. The minimum atomic E-state index is -4.41. The van der Waals surface area contributed by atoms with Gasteiger partial charge in [-0.2, -0.15) is 13.2 Å². The molecule has 1 amide bonds. The second-order valence-corrected chi connectivity index (χ2v) is 5.82. The Bertz CT molecular complexity index is 667. The molecule has 1 atom stereocenters. The third-order valence-electron chi connectivity index (χ3n) is 3.71. The van der Waals surface area contributed by atoms with Crippen molar-refractivity contribution in [2.75, 3.05) is 20.6 Å². The topological polar surface area (TPSA) is 46.7 Å². The molecule has 0 bridgehead atoms. The van der Waals surface area contributed by atoms with Crippen LogP contribution in [0.3, 0.4) is 0 Å². The maximum Gasteiger partial charge on any atom is 0.416 e. The molecule has 4 nitrogen and oxygen atoms in total. The summed E-state index contributed by atoms with van der Waals surface area (Å²) in [4.78, 5) is 13.1. The van der Waals surface area contributed by atoms with Crippen molar-refractivity contribution in [2.45, 2.75) is 18.6 Å².